The van der Waals surface area contributed by atoms with E-state index in [4.69, 9.17) is 0 Å². The Labute approximate surface area is 120 Å². The van der Waals surface area contributed by atoms with Gasteiger partial charge < -0.3 is 9.30 Å². The number of aromatic nitrogens is 1. The zero-order valence-corrected chi connectivity index (χ0v) is 11.6. The summed E-state index contributed by atoms with van der Waals surface area (Å²) in [5.41, 5.74) is 0.954. The molecule has 1 aromatic heterocycles. The first kappa shape index (κ1) is 15.2. The van der Waals surface area contributed by atoms with Crippen molar-refractivity contribution in [2.24, 2.45) is 0 Å². The van der Waals surface area contributed by atoms with E-state index in [1.54, 1.807) is 16.8 Å². The van der Waals surface area contributed by atoms with Gasteiger partial charge in [0.25, 0.3) is 0 Å². The topological polar surface area (TPSA) is 31.2 Å². The Morgan fingerprint density at radius 1 is 1.19 bits per heavy atom. The van der Waals surface area contributed by atoms with Crippen LogP contribution in [0.5, 0.6) is 0 Å². The monoisotopic (exact) mass is 297 g/mol. The minimum Gasteiger partial charge on any atom is -0.464 e. The van der Waals surface area contributed by atoms with Gasteiger partial charge in [-0.1, -0.05) is 12.1 Å². The van der Waals surface area contributed by atoms with E-state index < -0.39 is 17.7 Å². The van der Waals surface area contributed by atoms with Crippen LogP contribution in [0.1, 0.15) is 23.0 Å². The number of rotatable bonds is 3. The van der Waals surface area contributed by atoms with Crippen LogP contribution in [0.15, 0.2) is 36.5 Å². The van der Waals surface area contributed by atoms with Crippen LogP contribution in [-0.2, 0) is 17.5 Å². The van der Waals surface area contributed by atoms with Crippen LogP contribution in [-0.4, -0.2) is 17.6 Å². The predicted octanol–water partition coefficient (Wildman–Crippen LogP) is 3.98. The number of nitrogens with zero attached hydrogens (tertiary/aromatic N) is 1. The number of hydrogen-bond donors (Lipinski definition) is 0. The number of esters is 1. The van der Waals surface area contributed by atoms with E-state index in [1.807, 2.05) is 6.92 Å². The van der Waals surface area contributed by atoms with E-state index in [1.165, 1.54) is 19.2 Å². The zero-order chi connectivity index (χ0) is 15.6. The van der Waals surface area contributed by atoms with E-state index in [0.29, 0.717) is 23.4 Å². The molecule has 2 rings (SSSR count). The second-order valence-electron chi connectivity index (χ2n) is 4.47. The minimum absolute atomic E-state index is 0.370. The normalized spacial score (nSPS) is 11.5. The molecular weight excluding hydrogens is 283 g/mol. The molecule has 0 unspecified atom stereocenters. The van der Waals surface area contributed by atoms with Crippen molar-refractivity contribution in [2.45, 2.75) is 19.6 Å². The molecule has 1 heterocycles. The molecule has 0 aliphatic heterocycles. The van der Waals surface area contributed by atoms with Crippen molar-refractivity contribution in [2.75, 3.05) is 7.11 Å². The number of carbonyl (C=O) groups is 1. The number of ether oxygens (including phenoxy) is 1. The Balaban J connectivity index is 2.38. The van der Waals surface area contributed by atoms with Gasteiger partial charge in [-0.3, -0.25) is 0 Å². The largest absolute Gasteiger partial charge is 0.464 e. The van der Waals surface area contributed by atoms with E-state index in [9.17, 15) is 18.0 Å². The second-order valence-corrected chi connectivity index (χ2v) is 4.47. The summed E-state index contributed by atoms with van der Waals surface area (Å²) in [6.07, 6.45) is -2.64. The van der Waals surface area contributed by atoms with Gasteiger partial charge in [0.1, 0.15) is 5.69 Å². The predicted molar refractivity (Wildman–Crippen MR) is 71.9 cm³/mol. The quantitative estimate of drug-likeness (QED) is 0.802. The van der Waals surface area contributed by atoms with Gasteiger partial charge in [-0.2, -0.15) is 13.2 Å². The fourth-order valence-corrected chi connectivity index (χ4v) is 2.06. The molecule has 0 saturated carbocycles. The highest BCUT2D eigenvalue weighted by Crippen LogP contribution is 2.31. The van der Waals surface area contributed by atoms with Crippen LogP contribution in [0.3, 0.4) is 0 Å². The van der Waals surface area contributed by atoms with Crippen LogP contribution >= 0.6 is 0 Å². The van der Waals surface area contributed by atoms with Crippen LogP contribution in [0.2, 0.25) is 0 Å². The molecule has 0 bridgehead atoms. The molecule has 0 aliphatic rings. The summed E-state index contributed by atoms with van der Waals surface area (Å²) in [7, 11) is 1.28. The molecule has 112 valence electrons. The molecule has 21 heavy (non-hydrogen) atoms. The van der Waals surface area contributed by atoms with Crippen molar-refractivity contribution < 1.29 is 22.7 Å². The lowest BCUT2D eigenvalue weighted by molar-refractivity contribution is -0.137. The van der Waals surface area contributed by atoms with Crippen molar-refractivity contribution in [1.29, 1.82) is 0 Å². The fourth-order valence-electron chi connectivity index (χ4n) is 2.06. The van der Waals surface area contributed by atoms with Gasteiger partial charge >= 0.3 is 12.1 Å². The molecule has 0 N–H and O–H groups in total. The summed E-state index contributed by atoms with van der Waals surface area (Å²) in [4.78, 5) is 11.6. The fraction of sp³-hybridized carbons (Fsp3) is 0.267. The van der Waals surface area contributed by atoms with Gasteiger partial charge in [-0.25, -0.2) is 4.79 Å². The molecule has 0 atom stereocenters. The van der Waals surface area contributed by atoms with Crippen LogP contribution in [0.25, 0.3) is 11.1 Å². The average Bonchev–Trinajstić information content (AvgIpc) is 2.90. The Bertz CT molecular complexity index is 642. The highest BCUT2D eigenvalue weighted by molar-refractivity contribution is 5.89. The summed E-state index contributed by atoms with van der Waals surface area (Å²) in [6, 6.07) is 6.43. The molecule has 0 saturated heterocycles. The van der Waals surface area contributed by atoms with E-state index in [0.717, 1.165) is 12.1 Å². The summed E-state index contributed by atoms with van der Waals surface area (Å²) in [5, 5.41) is 0. The lowest BCUT2D eigenvalue weighted by atomic mass is 10.1. The Kier molecular flexibility index (Phi) is 4.06. The molecule has 0 spiro atoms. The van der Waals surface area contributed by atoms with Crippen molar-refractivity contribution in [3.8, 4) is 11.1 Å². The lowest BCUT2D eigenvalue weighted by Gasteiger charge is -2.06. The summed E-state index contributed by atoms with van der Waals surface area (Å²) in [5.74, 6) is -0.477. The number of aryl methyl sites for hydroxylation is 1. The van der Waals surface area contributed by atoms with Crippen molar-refractivity contribution in [3.05, 3.63) is 47.8 Å². The number of carbonyl (C=O) groups excluding carboxylic acids is 1. The number of hydrogen-bond acceptors (Lipinski definition) is 2. The van der Waals surface area contributed by atoms with Gasteiger partial charge in [0, 0.05) is 18.3 Å². The van der Waals surface area contributed by atoms with Gasteiger partial charge in [0.05, 0.1) is 12.7 Å². The maximum Gasteiger partial charge on any atom is 0.416 e. The third kappa shape index (κ3) is 3.09. The van der Waals surface area contributed by atoms with Crippen molar-refractivity contribution in [1.82, 2.24) is 4.57 Å². The van der Waals surface area contributed by atoms with E-state index in [-0.39, 0.29) is 0 Å². The Hall–Kier alpha value is -2.24. The van der Waals surface area contributed by atoms with Gasteiger partial charge in [-0.15, -0.1) is 0 Å². The molecule has 0 amide bonds. The highest BCUT2D eigenvalue weighted by Gasteiger charge is 2.30. The molecule has 3 nitrogen and oxygen atoms in total. The van der Waals surface area contributed by atoms with E-state index >= 15 is 0 Å². The number of methoxy groups -OCH3 is 1. The first-order chi connectivity index (χ1) is 9.86. The Morgan fingerprint density at radius 2 is 1.81 bits per heavy atom. The van der Waals surface area contributed by atoms with E-state index in [2.05, 4.69) is 4.74 Å². The smallest absolute Gasteiger partial charge is 0.416 e. The van der Waals surface area contributed by atoms with Crippen molar-refractivity contribution in [3.63, 3.8) is 0 Å². The zero-order valence-electron chi connectivity index (χ0n) is 11.6. The summed E-state index contributed by atoms with van der Waals surface area (Å²) < 4.78 is 44.0. The van der Waals surface area contributed by atoms with Crippen LogP contribution in [0, 0.1) is 0 Å². The average molecular weight is 297 g/mol. The molecule has 0 fully saturated rings. The molecule has 0 aliphatic carbocycles. The molecular formula is C15H14F3NO2. The molecule has 1 aromatic carbocycles. The number of alkyl halides is 3. The molecule has 0 radical (unpaired) electrons. The molecule has 2 aromatic rings. The second kappa shape index (κ2) is 5.63. The lowest BCUT2D eigenvalue weighted by Crippen LogP contribution is -2.08. The standard InChI is InChI=1S/C15H14F3NO2/c1-3-19-9-11(8-13(19)14(20)21-2)10-4-6-12(7-5-10)15(16,17)18/h4-9H,3H2,1-2H3. The molecule has 6 heteroatoms. The van der Waals surface area contributed by atoms with Gasteiger partial charge in [0.15, 0.2) is 0 Å². The first-order valence-corrected chi connectivity index (χ1v) is 6.33. The van der Waals surface area contributed by atoms with Crippen LogP contribution < -0.4 is 0 Å². The third-order valence-electron chi connectivity index (χ3n) is 3.18. The third-order valence-corrected chi connectivity index (χ3v) is 3.18. The van der Waals surface area contributed by atoms with Crippen molar-refractivity contribution >= 4 is 5.97 Å². The maximum absolute atomic E-state index is 12.5. The summed E-state index contributed by atoms with van der Waals surface area (Å²) in [6.45, 7) is 2.42. The minimum atomic E-state index is -4.36. The number of benzene rings is 1. The summed E-state index contributed by atoms with van der Waals surface area (Å²) >= 11 is 0. The first-order valence-electron chi connectivity index (χ1n) is 6.33. The Morgan fingerprint density at radius 3 is 2.29 bits per heavy atom. The van der Waals surface area contributed by atoms with Gasteiger partial charge in [0.2, 0.25) is 0 Å². The SMILES string of the molecule is CCn1cc(-c2ccc(C(F)(F)F)cc2)cc1C(=O)OC. The number of halogens is 3. The van der Waals surface area contributed by atoms with Gasteiger partial charge in [-0.05, 0) is 30.7 Å². The maximum atomic E-state index is 12.5. The highest BCUT2D eigenvalue weighted by atomic mass is 19.4. The van der Waals surface area contributed by atoms with Crippen LogP contribution in [0.4, 0.5) is 13.2 Å².